The van der Waals surface area contributed by atoms with Crippen LogP contribution in [0.1, 0.15) is 13.8 Å². The first-order valence-electron chi connectivity index (χ1n) is 5.41. The zero-order chi connectivity index (χ0) is 15.9. The van der Waals surface area contributed by atoms with Crippen molar-refractivity contribution in [2.24, 2.45) is 0 Å². The van der Waals surface area contributed by atoms with Gasteiger partial charge in [0.1, 0.15) is 0 Å². The molecule has 0 bridgehead atoms. The van der Waals surface area contributed by atoms with Gasteiger partial charge in [0, 0.05) is 12.5 Å². The van der Waals surface area contributed by atoms with Crippen molar-refractivity contribution in [2.75, 3.05) is 35.4 Å². The average molecular weight is 298 g/mol. The number of hydrogen-bond donors (Lipinski definition) is 0. The molecule has 0 aromatic rings. The molecule has 0 aromatic carbocycles. The Labute approximate surface area is 115 Å². The normalized spacial score (nSPS) is 13.0. The van der Waals surface area contributed by atoms with E-state index in [0.717, 1.165) is 14.2 Å². The van der Waals surface area contributed by atoms with E-state index in [4.69, 9.17) is 4.74 Å². The Morgan fingerprint density at radius 2 is 1.53 bits per heavy atom. The number of hydrogen-bond acceptors (Lipinski definition) is 6. The lowest BCUT2D eigenvalue weighted by Gasteiger charge is -2.30. The molecule has 0 rings (SSSR count). The minimum atomic E-state index is -3.66. The molecule has 8 heteroatoms. The van der Waals surface area contributed by atoms with Crippen LogP contribution in [0.2, 0.25) is 0 Å². The van der Waals surface area contributed by atoms with Gasteiger partial charge < -0.3 is 4.74 Å². The molecule has 0 aliphatic heterocycles. The lowest BCUT2D eigenvalue weighted by molar-refractivity contribution is -0.914. The van der Waals surface area contributed by atoms with E-state index in [1.54, 1.807) is 6.92 Å². The van der Waals surface area contributed by atoms with Crippen molar-refractivity contribution in [2.45, 2.75) is 20.1 Å². The van der Waals surface area contributed by atoms with Crippen LogP contribution in [-0.2, 0) is 28.3 Å². The summed E-state index contributed by atoms with van der Waals surface area (Å²) in [6.45, 7) is 7.01. The zero-order valence-corrected chi connectivity index (χ0v) is 13.4. The largest absolute Gasteiger partial charge is 0.409 e. The third-order valence-electron chi connectivity index (χ3n) is 2.13. The van der Waals surface area contributed by atoms with E-state index in [1.807, 2.05) is 28.1 Å². The number of quaternary nitrogens is 1. The number of carbonyl (C=O) groups is 1. The van der Waals surface area contributed by atoms with Crippen LogP contribution in [0.25, 0.3) is 0 Å². The molecular formula is C11H24NO6S+. The van der Waals surface area contributed by atoms with Crippen molar-refractivity contribution >= 4 is 16.4 Å². The number of nitrogens with zero attached hydrogens (tertiary/aromatic N) is 1. The monoisotopic (exact) mass is 298 g/mol. The number of carbonyl (C=O) groups excluding carboxylic acids is 1. The molecule has 0 fully saturated rings. The van der Waals surface area contributed by atoms with Gasteiger partial charge in [-0.3, -0.25) is 12.8 Å². The summed E-state index contributed by atoms with van der Waals surface area (Å²) in [4.78, 5) is 11.1. The van der Waals surface area contributed by atoms with Gasteiger partial charge in [-0.05, 0) is 6.92 Å². The molecule has 0 spiro atoms. The first kappa shape index (κ1) is 20.4. The van der Waals surface area contributed by atoms with Gasteiger partial charge in [-0.1, -0.05) is 6.58 Å². The smallest absolute Gasteiger partial charge is 0.399 e. The fourth-order valence-electron chi connectivity index (χ4n) is 0.482. The minimum absolute atomic E-state index is 0.144. The standard InChI is InChI=1S/C9H18NO2.C2H6O4S/c1-7(2)9(11)12-8(3)10(4,5)6;1-5-7(3,4)6-2/h8H,1H2,2-6H3;1-2H3/q+1;. The molecule has 0 aliphatic rings. The van der Waals surface area contributed by atoms with E-state index in [0.29, 0.717) is 10.1 Å². The maximum atomic E-state index is 11.1. The maximum absolute atomic E-state index is 11.1. The highest BCUT2D eigenvalue weighted by atomic mass is 32.3. The fraction of sp³-hybridized carbons (Fsp3) is 0.727. The van der Waals surface area contributed by atoms with Gasteiger partial charge in [0.15, 0.2) is 0 Å². The Hall–Kier alpha value is -0.960. The first-order chi connectivity index (χ1) is 8.37. The number of ether oxygens (including phenoxy) is 1. The molecule has 0 saturated carbocycles. The van der Waals surface area contributed by atoms with Crippen LogP contribution >= 0.6 is 0 Å². The second kappa shape index (κ2) is 8.26. The lowest BCUT2D eigenvalue weighted by Crippen LogP contribution is -2.45. The summed E-state index contributed by atoms with van der Waals surface area (Å²) < 4.78 is 33.2. The molecule has 0 radical (unpaired) electrons. The van der Waals surface area contributed by atoms with Crippen LogP contribution in [0.3, 0.4) is 0 Å². The van der Waals surface area contributed by atoms with Crippen LogP contribution in [0.15, 0.2) is 12.2 Å². The highest BCUT2D eigenvalue weighted by molar-refractivity contribution is 7.81. The molecule has 0 amide bonds. The van der Waals surface area contributed by atoms with Crippen molar-refractivity contribution in [3.8, 4) is 0 Å². The molecule has 0 saturated heterocycles. The van der Waals surface area contributed by atoms with Gasteiger partial charge in [0.25, 0.3) is 0 Å². The van der Waals surface area contributed by atoms with Gasteiger partial charge >= 0.3 is 16.4 Å². The van der Waals surface area contributed by atoms with E-state index in [1.165, 1.54) is 0 Å². The van der Waals surface area contributed by atoms with E-state index in [-0.39, 0.29) is 12.2 Å². The average Bonchev–Trinajstić information content (AvgIpc) is 2.28. The van der Waals surface area contributed by atoms with Gasteiger partial charge in [-0.25, -0.2) is 4.79 Å². The fourth-order valence-corrected chi connectivity index (χ4v) is 0.618. The summed E-state index contributed by atoms with van der Waals surface area (Å²) in [7, 11) is 4.30. The Bertz CT molecular complexity index is 386. The van der Waals surface area contributed by atoms with E-state index in [9.17, 15) is 13.2 Å². The van der Waals surface area contributed by atoms with Gasteiger partial charge in [-0.2, -0.15) is 8.42 Å². The Balaban J connectivity index is 0. The van der Waals surface area contributed by atoms with E-state index >= 15 is 0 Å². The molecule has 1 atom stereocenters. The van der Waals surface area contributed by atoms with Gasteiger partial charge in [0.2, 0.25) is 6.23 Å². The van der Waals surface area contributed by atoms with Crippen LogP contribution in [0, 0.1) is 0 Å². The Morgan fingerprint density at radius 1 is 1.16 bits per heavy atom. The zero-order valence-electron chi connectivity index (χ0n) is 12.6. The number of rotatable bonds is 5. The Morgan fingerprint density at radius 3 is 1.68 bits per heavy atom. The van der Waals surface area contributed by atoms with Crippen LogP contribution in [0.5, 0.6) is 0 Å². The van der Waals surface area contributed by atoms with Crippen LogP contribution < -0.4 is 0 Å². The molecule has 1 unspecified atom stereocenters. The molecule has 19 heavy (non-hydrogen) atoms. The van der Waals surface area contributed by atoms with Crippen molar-refractivity contribution in [1.29, 1.82) is 0 Å². The minimum Gasteiger partial charge on any atom is -0.409 e. The lowest BCUT2D eigenvalue weighted by atomic mass is 10.3. The second-order valence-electron chi connectivity index (χ2n) is 4.64. The van der Waals surface area contributed by atoms with E-state index in [2.05, 4.69) is 14.9 Å². The molecule has 7 nitrogen and oxygen atoms in total. The molecule has 0 heterocycles. The summed E-state index contributed by atoms with van der Waals surface area (Å²) in [5.74, 6) is -0.324. The van der Waals surface area contributed by atoms with Crippen molar-refractivity contribution in [1.82, 2.24) is 0 Å². The molecule has 0 aliphatic carbocycles. The van der Waals surface area contributed by atoms with Crippen molar-refractivity contribution in [3.63, 3.8) is 0 Å². The summed E-state index contributed by atoms with van der Waals surface area (Å²) >= 11 is 0. The second-order valence-corrected chi connectivity index (χ2v) is 6.13. The van der Waals surface area contributed by atoms with Crippen molar-refractivity contribution < 1.29 is 30.8 Å². The Kier molecular flexibility index (Phi) is 8.85. The van der Waals surface area contributed by atoms with Crippen LogP contribution in [-0.4, -0.2) is 60.5 Å². The number of esters is 1. The topological polar surface area (TPSA) is 78.9 Å². The molecule has 114 valence electrons. The molecule has 0 aromatic heterocycles. The molecule has 0 N–H and O–H groups in total. The summed E-state index contributed by atoms with van der Waals surface area (Å²) in [6.07, 6.45) is -0.144. The summed E-state index contributed by atoms with van der Waals surface area (Å²) in [5, 5.41) is 0. The highest BCUT2D eigenvalue weighted by Gasteiger charge is 2.22. The van der Waals surface area contributed by atoms with E-state index < -0.39 is 10.4 Å². The highest BCUT2D eigenvalue weighted by Crippen LogP contribution is 2.06. The van der Waals surface area contributed by atoms with Crippen LogP contribution in [0.4, 0.5) is 0 Å². The third kappa shape index (κ3) is 10.6. The SMILES string of the molecule is C=C(C)C(=O)OC(C)[N+](C)(C)C.COS(=O)(=O)OC. The quantitative estimate of drug-likeness (QED) is 0.321. The van der Waals surface area contributed by atoms with Crippen molar-refractivity contribution in [3.05, 3.63) is 12.2 Å². The molecular weight excluding hydrogens is 274 g/mol. The summed E-state index contributed by atoms with van der Waals surface area (Å²) in [6, 6.07) is 0. The predicted molar refractivity (Wildman–Crippen MR) is 71.3 cm³/mol. The maximum Gasteiger partial charge on any atom is 0.399 e. The summed E-state index contributed by atoms with van der Waals surface area (Å²) in [5.41, 5.74) is 0.440. The predicted octanol–water partition coefficient (Wildman–Crippen LogP) is 0.682. The first-order valence-corrected chi connectivity index (χ1v) is 6.74. The third-order valence-corrected chi connectivity index (χ3v) is 2.94. The van der Waals surface area contributed by atoms with Gasteiger partial charge in [-0.15, -0.1) is 0 Å². The van der Waals surface area contributed by atoms with Gasteiger partial charge in [0.05, 0.1) is 35.4 Å².